The van der Waals surface area contributed by atoms with Crippen molar-refractivity contribution in [3.63, 3.8) is 0 Å². The summed E-state index contributed by atoms with van der Waals surface area (Å²) in [5, 5.41) is 20.7. The number of rotatable bonds is 7. The summed E-state index contributed by atoms with van der Waals surface area (Å²) < 4.78 is 8.63. The Morgan fingerprint density at radius 3 is 2.77 bits per heavy atom. The highest BCUT2D eigenvalue weighted by molar-refractivity contribution is 5.68. The fourth-order valence-electron chi connectivity index (χ4n) is 7.71. The van der Waals surface area contributed by atoms with Crippen molar-refractivity contribution < 1.29 is 14.9 Å². The van der Waals surface area contributed by atoms with Crippen LogP contribution in [0.5, 0.6) is 0 Å². The number of fused-ring (bicyclic) bond motifs is 3. The summed E-state index contributed by atoms with van der Waals surface area (Å²) >= 11 is 0. The quantitative estimate of drug-likeness (QED) is 0.684. The lowest BCUT2D eigenvalue weighted by atomic mass is 9.49. The molecule has 4 aliphatic carbocycles. The lowest BCUT2D eigenvalue weighted by Crippen LogP contribution is -2.58. The van der Waals surface area contributed by atoms with Crippen molar-refractivity contribution >= 4 is 0 Å². The van der Waals surface area contributed by atoms with E-state index in [2.05, 4.69) is 33.8 Å². The second-order valence-corrected chi connectivity index (χ2v) is 10.2. The highest BCUT2D eigenvalue weighted by Gasteiger charge is 2.57. The zero-order valence-electron chi connectivity index (χ0n) is 17.5. The summed E-state index contributed by atoms with van der Waals surface area (Å²) in [6.45, 7) is 0.866. The van der Waals surface area contributed by atoms with Crippen molar-refractivity contribution in [2.24, 2.45) is 23.7 Å². The fourth-order valence-corrected chi connectivity index (χ4v) is 7.71. The van der Waals surface area contributed by atoms with E-state index in [1.807, 2.05) is 12.5 Å². The highest BCUT2D eigenvalue weighted by atomic mass is 16.5. The maximum Gasteiger partial charge on any atom is 0.0956 e. The van der Waals surface area contributed by atoms with Crippen LogP contribution in [0.1, 0.15) is 56.6 Å². The van der Waals surface area contributed by atoms with Crippen LogP contribution in [0.25, 0.3) is 11.3 Å². The second kappa shape index (κ2) is 7.18. The summed E-state index contributed by atoms with van der Waals surface area (Å²) in [7, 11) is 0. The number of hydrogen-bond acceptors (Lipinski definition) is 4. The summed E-state index contributed by atoms with van der Waals surface area (Å²) in [6.07, 6.45) is 10.9. The van der Waals surface area contributed by atoms with Crippen LogP contribution < -0.4 is 0 Å². The van der Waals surface area contributed by atoms with Crippen molar-refractivity contribution in [2.45, 2.75) is 62.7 Å². The van der Waals surface area contributed by atoms with Crippen LogP contribution in [0.15, 0.2) is 36.8 Å². The fraction of sp³-hybridized carbons (Fsp3) is 0.640. The topological polar surface area (TPSA) is 67.5 Å². The van der Waals surface area contributed by atoms with Crippen molar-refractivity contribution in [1.82, 2.24) is 9.55 Å². The molecule has 7 rings (SSSR count). The van der Waals surface area contributed by atoms with Gasteiger partial charge in [0.1, 0.15) is 0 Å². The van der Waals surface area contributed by atoms with Crippen molar-refractivity contribution in [3.05, 3.63) is 42.4 Å². The molecule has 0 spiro atoms. The monoisotopic (exact) mass is 408 g/mol. The minimum atomic E-state index is -0.291. The zero-order chi connectivity index (χ0) is 20.3. The number of aromatic nitrogens is 2. The number of ether oxygens (including phenoxy) is 1. The van der Waals surface area contributed by atoms with E-state index in [1.54, 1.807) is 0 Å². The van der Waals surface area contributed by atoms with E-state index in [0.717, 1.165) is 31.6 Å². The molecule has 2 N–H and O–H groups in total. The molecule has 5 nitrogen and oxygen atoms in total. The van der Waals surface area contributed by atoms with Gasteiger partial charge in [-0.3, -0.25) is 0 Å². The highest BCUT2D eigenvalue weighted by Crippen LogP contribution is 2.61. The molecular weight excluding hydrogens is 376 g/mol. The van der Waals surface area contributed by atoms with Crippen LogP contribution in [0, 0.1) is 23.7 Å². The number of aliphatic hydroxyl groups is 2. The first-order valence-corrected chi connectivity index (χ1v) is 11.7. The Labute approximate surface area is 178 Å². The minimum Gasteiger partial charge on any atom is -0.396 e. The SMILES string of the molecule is OCCCOC12CC3CC(C1)C(C(O)CC1c4ccccc4-c4cncn41)C(C3)C2. The Hall–Kier alpha value is -1.69. The minimum absolute atomic E-state index is 0.0133. The van der Waals surface area contributed by atoms with Gasteiger partial charge in [-0.1, -0.05) is 24.3 Å². The zero-order valence-corrected chi connectivity index (χ0v) is 17.5. The van der Waals surface area contributed by atoms with E-state index in [4.69, 9.17) is 9.84 Å². The predicted octanol–water partition coefficient (Wildman–Crippen LogP) is 3.80. The average molecular weight is 409 g/mol. The molecule has 0 saturated heterocycles. The van der Waals surface area contributed by atoms with Crippen LogP contribution in [0.3, 0.4) is 0 Å². The maximum absolute atomic E-state index is 11.5. The lowest BCUT2D eigenvalue weighted by molar-refractivity contribution is -0.199. The molecule has 5 aliphatic rings. The molecule has 1 aromatic carbocycles. The molecule has 4 atom stereocenters. The van der Waals surface area contributed by atoms with Gasteiger partial charge in [-0.25, -0.2) is 4.98 Å². The molecule has 4 bridgehead atoms. The maximum atomic E-state index is 11.5. The first-order chi connectivity index (χ1) is 14.7. The van der Waals surface area contributed by atoms with E-state index in [9.17, 15) is 5.11 Å². The van der Waals surface area contributed by atoms with Gasteiger partial charge in [0.2, 0.25) is 0 Å². The van der Waals surface area contributed by atoms with Gasteiger partial charge < -0.3 is 19.5 Å². The van der Waals surface area contributed by atoms with Gasteiger partial charge in [0.05, 0.1) is 36.0 Å². The van der Waals surface area contributed by atoms with Gasteiger partial charge in [-0.15, -0.1) is 0 Å². The molecule has 0 amide bonds. The molecule has 2 heterocycles. The Bertz CT molecular complexity index is 909. The Kier molecular flexibility index (Phi) is 4.55. The molecular formula is C25H32N2O3. The Morgan fingerprint density at radius 1 is 1.17 bits per heavy atom. The van der Waals surface area contributed by atoms with E-state index in [1.165, 1.54) is 36.1 Å². The third kappa shape index (κ3) is 2.89. The average Bonchev–Trinajstić information content (AvgIpc) is 3.30. The van der Waals surface area contributed by atoms with E-state index < -0.39 is 0 Å². The van der Waals surface area contributed by atoms with E-state index in [-0.39, 0.29) is 24.4 Å². The smallest absolute Gasteiger partial charge is 0.0956 e. The largest absolute Gasteiger partial charge is 0.396 e. The normalized spacial score (nSPS) is 36.7. The lowest BCUT2D eigenvalue weighted by Gasteiger charge is -2.60. The van der Waals surface area contributed by atoms with Crippen molar-refractivity contribution in [1.29, 1.82) is 0 Å². The van der Waals surface area contributed by atoms with Gasteiger partial charge >= 0.3 is 0 Å². The standard InChI is InChI=1S/C25H32N2O3/c28-6-3-7-30-25-11-16-8-17(12-25)24(18(9-16)13-25)23(29)10-21-19-4-1-2-5-20(19)22-14-26-15-27(21)22/h1-2,4-5,14-18,21,23-24,28-29H,3,6-13H2. The Balaban J connectivity index is 1.21. The molecule has 160 valence electrons. The molecule has 4 saturated carbocycles. The molecule has 1 aliphatic heterocycles. The number of benzene rings is 1. The molecule has 4 fully saturated rings. The first kappa shape index (κ1) is 19.0. The van der Waals surface area contributed by atoms with Crippen molar-refractivity contribution in [2.75, 3.05) is 13.2 Å². The number of hydrogen-bond donors (Lipinski definition) is 2. The molecule has 2 aromatic rings. The molecule has 5 heteroatoms. The molecule has 4 unspecified atom stereocenters. The summed E-state index contributed by atoms with van der Waals surface area (Å²) in [5.41, 5.74) is 3.76. The molecule has 1 aromatic heterocycles. The summed E-state index contributed by atoms with van der Waals surface area (Å²) in [6, 6.07) is 8.75. The number of nitrogens with zero attached hydrogens (tertiary/aromatic N) is 2. The first-order valence-electron chi connectivity index (χ1n) is 11.7. The number of imidazole rings is 1. The van der Waals surface area contributed by atoms with Crippen LogP contribution in [-0.2, 0) is 4.74 Å². The van der Waals surface area contributed by atoms with Gasteiger partial charge in [0.25, 0.3) is 0 Å². The summed E-state index contributed by atoms with van der Waals surface area (Å²) in [5.74, 6) is 2.28. The Morgan fingerprint density at radius 2 is 1.97 bits per heavy atom. The van der Waals surface area contributed by atoms with Gasteiger partial charge in [-0.05, 0) is 74.2 Å². The van der Waals surface area contributed by atoms with Crippen LogP contribution in [-0.4, -0.2) is 44.7 Å². The van der Waals surface area contributed by atoms with Crippen molar-refractivity contribution in [3.8, 4) is 11.3 Å². The predicted molar refractivity (Wildman–Crippen MR) is 114 cm³/mol. The van der Waals surface area contributed by atoms with Gasteiger partial charge in [-0.2, -0.15) is 0 Å². The molecule has 0 radical (unpaired) electrons. The third-order valence-corrected chi connectivity index (χ3v) is 8.51. The third-order valence-electron chi connectivity index (χ3n) is 8.51. The van der Waals surface area contributed by atoms with E-state index >= 15 is 0 Å². The van der Waals surface area contributed by atoms with E-state index in [0.29, 0.717) is 24.4 Å². The van der Waals surface area contributed by atoms with Gasteiger partial charge in [0, 0.05) is 18.8 Å². The van der Waals surface area contributed by atoms with Crippen LogP contribution >= 0.6 is 0 Å². The second-order valence-electron chi connectivity index (χ2n) is 10.2. The summed E-state index contributed by atoms with van der Waals surface area (Å²) in [4.78, 5) is 4.38. The van der Waals surface area contributed by atoms with Crippen LogP contribution in [0.4, 0.5) is 0 Å². The van der Waals surface area contributed by atoms with Gasteiger partial charge in [0.15, 0.2) is 0 Å². The molecule has 30 heavy (non-hydrogen) atoms. The van der Waals surface area contributed by atoms with Crippen LogP contribution in [0.2, 0.25) is 0 Å². The number of aliphatic hydroxyl groups excluding tert-OH is 2.